The molecule has 84 valence electrons. The molecule has 0 atom stereocenters. The van der Waals surface area contributed by atoms with Crippen LogP contribution in [0.3, 0.4) is 0 Å². The number of Topliss-reactive ketones (excluding diaryl/α,β-unsaturated/α-hetero) is 2. The van der Waals surface area contributed by atoms with Crippen LogP contribution in [-0.2, 0) is 9.59 Å². The first kappa shape index (κ1) is 12.9. The summed E-state index contributed by atoms with van der Waals surface area (Å²) in [4.78, 5) is 22.4. The lowest BCUT2D eigenvalue weighted by atomic mass is 10.0. The Balaban J connectivity index is 3.23. The van der Waals surface area contributed by atoms with E-state index in [1.807, 2.05) is 0 Å². The summed E-state index contributed by atoms with van der Waals surface area (Å²) in [6.45, 7) is 2.69. The van der Waals surface area contributed by atoms with Gasteiger partial charge in [0.2, 0.25) is 0 Å². The number of carbonyl (C=O) groups is 2. The molecule has 1 rings (SSSR count). The number of allylic oxidation sites excluding steroid dienone is 1. The van der Waals surface area contributed by atoms with E-state index in [0.29, 0.717) is 15.6 Å². The van der Waals surface area contributed by atoms with Crippen molar-refractivity contribution in [1.82, 2.24) is 0 Å². The van der Waals surface area contributed by atoms with Gasteiger partial charge in [-0.1, -0.05) is 29.3 Å². The van der Waals surface area contributed by atoms with Crippen LogP contribution < -0.4 is 0 Å². The molecular formula is C12H10Cl2O2. The number of hydrogen-bond acceptors (Lipinski definition) is 2. The maximum absolute atomic E-state index is 11.2. The third-order valence-corrected chi connectivity index (χ3v) is 2.58. The van der Waals surface area contributed by atoms with Crippen molar-refractivity contribution in [1.29, 1.82) is 0 Å². The summed E-state index contributed by atoms with van der Waals surface area (Å²) in [5, 5.41) is 0.918. The minimum Gasteiger partial charge on any atom is -0.294 e. The fourth-order valence-corrected chi connectivity index (χ4v) is 1.69. The average molecular weight is 257 g/mol. The molecule has 0 aliphatic rings. The molecule has 0 unspecified atom stereocenters. The van der Waals surface area contributed by atoms with Gasteiger partial charge in [-0.2, -0.15) is 0 Å². The molecule has 1 aromatic rings. The molecule has 2 nitrogen and oxygen atoms in total. The molecule has 0 amide bonds. The zero-order valence-corrected chi connectivity index (χ0v) is 10.4. The van der Waals surface area contributed by atoms with Gasteiger partial charge < -0.3 is 0 Å². The Morgan fingerprint density at radius 2 is 1.69 bits per heavy atom. The summed E-state index contributed by atoms with van der Waals surface area (Å²) in [5.74, 6) is -0.558. The Labute approximate surface area is 104 Å². The lowest BCUT2D eigenvalue weighted by molar-refractivity contribution is -0.119. The fraction of sp³-hybridized carbons (Fsp3) is 0.167. The van der Waals surface area contributed by atoms with Crippen molar-refractivity contribution in [2.75, 3.05) is 0 Å². The molecule has 0 radical (unpaired) electrons. The quantitative estimate of drug-likeness (QED) is 0.471. The van der Waals surface area contributed by atoms with Gasteiger partial charge in [-0.15, -0.1) is 0 Å². The molecule has 4 heteroatoms. The van der Waals surface area contributed by atoms with Gasteiger partial charge in [0.1, 0.15) is 0 Å². The molecule has 0 aliphatic carbocycles. The summed E-state index contributed by atoms with van der Waals surface area (Å²) in [7, 11) is 0. The van der Waals surface area contributed by atoms with Crippen molar-refractivity contribution in [3.8, 4) is 0 Å². The Hall–Kier alpha value is -1.12. The average Bonchev–Trinajstić information content (AvgIpc) is 2.15. The number of halogens is 2. The first-order valence-electron chi connectivity index (χ1n) is 4.60. The van der Waals surface area contributed by atoms with Crippen LogP contribution in [0.2, 0.25) is 10.0 Å². The second kappa shape index (κ2) is 5.28. The maximum atomic E-state index is 11.2. The molecule has 0 aliphatic heterocycles. The van der Waals surface area contributed by atoms with E-state index in [1.165, 1.54) is 19.9 Å². The SMILES string of the molecule is CC(=O)C(=Cc1ccc(Cl)cc1Cl)C(C)=O. The monoisotopic (exact) mass is 256 g/mol. The van der Waals surface area contributed by atoms with Crippen LogP contribution in [0, 0.1) is 0 Å². The van der Waals surface area contributed by atoms with Crippen LogP contribution in [0.15, 0.2) is 23.8 Å². The predicted octanol–water partition coefficient (Wildman–Crippen LogP) is 3.55. The number of benzene rings is 1. The molecule has 0 spiro atoms. The highest BCUT2D eigenvalue weighted by molar-refractivity contribution is 6.36. The second-order valence-electron chi connectivity index (χ2n) is 3.34. The largest absolute Gasteiger partial charge is 0.294 e. The molecule has 0 heterocycles. The third-order valence-electron chi connectivity index (χ3n) is 2.02. The second-order valence-corrected chi connectivity index (χ2v) is 4.18. The summed E-state index contributed by atoms with van der Waals surface area (Å²) in [6, 6.07) is 4.88. The van der Waals surface area contributed by atoms with Crippen molar-refractivity contribution in [3.63, 3.8) is 0 Å². The van der Waals surface area contributed by atoms with Gasteiger partial charge in [-0.05, 0) is 37.6 Å². The van der Waals surface area contributed by atoms with E-state index in [9.17, 15) is 9.59 Å². The summed E-state index contributed by atoms with van der Waals surface area (Å²) < 4.78 is 0. The van der Waals surface area contributed by atoms with E-state index in [4.69, 9.17) is 23.2 Å². The number of ketones is 2. The van der Waals surface area contributed by atoms with Crippen LogP contribution in [0.5, 0.6) is 0 Å². The Kier molecular flexibility index (Phi) is 4.27. The predicted molar refractivity (Wildman–Crippen MR) is 65.8 cm³/mol. The molecule has 0 bridgehead atoms. The lowest BCUT2D eigenvalue weighted by Crippen LogP contribution is -2.05. The smallest absolute Gasteiger partial charge is 0.163 e. The molecule has 0 fully saturated rings. The highest BCUT2D eigenvalue weighted by Crippen LogP contribution is 2.23. The zero-order chi connectivity index (χ0) is 12.3. The van der Waals surface area contributed by atoms with E-state index in [0.717, 1.165) is 0 Å². The first-order valence-corrected chi connectivity index (χ1v) is 5.36. The Morgan fingerprint density at radius 1 is 1.12 bits per heavy atom. The molecule has 16 heavy (non-hydrogen) atoms. The van der Waals surface area contributed by atoms with Gasteiger partial charge in [-0.25, -0.2) is 0 Å². The van der Waals surface area contributed by atoms with Gasteiger partial charge >= 0.3 is 0 Å². The number of rotatable bonds is 3. The Bertz CT molecular complexity index is 460. The normalized spacial score (nSPS) is 9.75. The fourth-order valence-electron chi connectivity index (χ4n) is 1.23. The van der Waals surface area contributed by atoms with Crippen LogP contribution in [0.1, 0.15) is 19.4 Å². The van der Waals surface area contributed by atoms with Crippen LogP contribution in [0.25, 0.3) is 6.08 Å². The minimum absolute atomic E-state index is 0.129. The standard InChI is InChI=1S/C12H10Cl2O2/c1-7(15)11(8(2)16)5-9-3-4-10(13)6-12(9)14/h3-6H,1-2H3. The first-order chi connectivity index (χ1) is 7.41. The molecule has 0 N–H and O–H groups in total. The molecule has 1 aromatic carbocycles. The van der Waals surface area contributed by atoms with Gasteiger partial charge in [0.05, 0.1) is 5.57 Å². The van der Waals surface area contributed by atoms with Crippen LogP contribution in [-0.4, -0.2) is 11.6 Å². The van der Waals surface area contributed by atoms with Gasteiger partial charge in [0.25, 0.3) is 0 Å². The Morgan fingerprint density at radius 3 is 2.12 bits per heavy atom. The highest BCUT2D eigenvalue weighted by Gasteiger charge is 2.10. The van der Waals surface area contributed by atoms with E-state index >= 15 is 0 Å². The van der Waals surface area contributed by atoms with Crippen molar-refractivity contribution >= 4 is 40.8 Å². The highest BCUT2D eigenvalue weighted by atomic mass is 35.5. The topological polar surface area (TPSA) is 34.1 Å². The summed E-state index contributed by atoms with van der Waals surface area (Å²) >= 11 is 11.7. The summed E-state index contributed by atoms with van der Waals surface area (Å²) in [5.41, 5.74) is 0.732. The zero-order valence-electron chi connectivity index (χ0n) is 8.88. The van der Waals surface area contributed by atoms with Crippen LogP contribution >= 0.6 is 23.2 Å². The maximum Gasteiger partial charge on any atom is 0.163 e. The lowest BCUT2D eigenvalue weighted by Gasteiger charge is -2.02. The van der Waals surface area contributed by atoms with Crippen molar-refractivity contribution in [3.05, 3.63) is 39.4 Å². The van der Waals surface area contributed by atoms with Crippen molar-refractivity contribution < 1.29 is 9.59 Å². The van der Waals surface area contributed by atoms with E-state index in [-0.39, 0.29) is 17.1 Å². The molecular weight excluding hydrogens is 247 g/mol. The number of carbonyl (C=O) groups excluding carboxylic acids is 2. The van der Waals surface area contributed by atoms with Crippen molar-refractivity contribution in [2.45, 2.75) is 13.8 Å². The van der Waals surface area contributed by atoms with E-state index in [1.54, 1.807) is 18.2 Å². The van der Waals surface area contributed by atoms with Gasteiger partial charge in [-0.3, -0.25) is 9.59 Å². The molecule has 0 saturated carbocycles. The minimum atomic E-state index is -0.279. The molecule has 0 aromatic heterocycles. The van der Waals surface area contributed by atoms with Gasteiger partial charge in [0.15, 0.2) is 11.6 Å². The third kappa shape index (κ3) is 3.19. The summed E-state index contributed by atoms with van der Waals surface area (Å²) in [6.07, 6.45) is 1.48. The van der Waals surface area contributed by atoms with Crippen LogP contribution in [0.4, 0.5) is 0 Å². The number of hydrogen-bond donors (Lipinski definition) is 0. The van der Waals surface area contributed by atoms with Gasteiger partial charge in [0, 0.05) is 10.0 Å². The van der Waals surface area contributed by atoms with Crippen molar-refractivity contribution in [2.24, 2.45) is 0 Å². The van der Waals surface area contributed by atoms with E-state index in [2.05, 4.69) is 0 Å². The molecule has 0 saturated heterocycles. The van der Waals surface area contributed by atoms with E-state index < -0.39 is 0 Å².